The molecule has 2 aliphatic heterocycles. The second-order valence-electron chi connectivity index (χ2n) is 8.26. The molecule has 1 aliphatic carbocycles. The normalized spacial score (nSPS) is 27.8. The van der Waals surface area contributed by atoms with Gasteiger partial charge in [-0.05, 0) is 43.9 Å². The van der Waals surface area contributed by atoms with Crippen molar-refractivity contribution in [2.45, 2.75) is 43.8 Å². The minimum atomic E-state index is -3.15. The fourth-order valence-electron chi connectivity index (χ4n) is 4.23. The molecule has 1 N–H and O–H groups in total. The molecule has 3 aliphatic rings. The monoisotopic (exact) mass is 435 g/mol. The second kappa shape index (κ2) is 7.26. The number of nitrogens with zero attached hydrogens (tertiary/aromatic N) is 2. The molecule has 2 atom stereocenters. The van der Waals surface area contributed by atoms with Crippen LogP contribution in [0.4, 0.5) is 4.79 Å². The van der Waals surface area contributed by atoms with E-state index in [1.165, 1.54) is 7.11 Å². The van der Waals surface area contributed by atoms with Gasteiger partial charge in [0, 0.05) is 12.1 Å². The van der Waals surface area contributed by atoms with E-state index in [9.17, 15) is 22.8 Å². The van der Waals surface area contributed by atoms with Gasteiger partial charge in [-0.3, -0.25) is 14.5 Å². The van der Waals surface area contributed by atoms with Gasteiger partial charge in [0.15, 0.2) is 9.84 Å². The molecule has 2 saturated heterocycles. The fourth-order valence-corrected chi connectivity index (χ4v) is 5.94. The molecule has 9 nitrogen and oxygen atoms in total. The summed E-state index contributed by atoms with van der Waals surface area (Å²) in [7, 11) is -1.62. The zero-order valence-electron chi connectivity index (χ0n) is 17.0. The van der Waals surface area contributed by atoms with E-state index in [0.29, 0.717) is 17.7 Å². The third-order valence-electron chi connectivity index (χ3n) is 6.07. The number of methoxy groups -OCH3 is 1. The summed E-state index contributed by atoms with van der Waals surface area (Å²) in [6, 6.07) is 5.76. The Morgan fingerprint density at radius 1 is 1.20 bits per heavy atom. The molecule has 0 radical (unpaired) electrons. The van der Waals surface area contributed by atoms with Gasteiger partial charge >= 0.3 is 6.03 Å². The van der Waals surface area contributed by atoms with Gasteiger partial charge in [-0.15, -0.1) is 0 Å². The van der Waals surface area contributed by atoms with E-state index >= 15 is 0 Å². The van der Waals surface area contributed by atoms with Gasteiger partial charge < -0.3 is 15.0 Å². The van der Waals surface area contributed by atoms with Crippen LogP contribution in [-0.4, -0.2) is 73.3 Å². The highest BCUT2D eigenvalue weighted by Crippen LogP contribution is 2.34. The number of rotatable bonds is 6. The van der Waals surface area contributed by atoms with Crippen molar-refractivity contribution in [3.05, 3.63) is 29.8 Å². The van der Waals surface area contributed by atoms with Crippen LogP contribution in [0.5, 0.6) is 5.75 Å². The Hall–Kier alpha value is -2.62. The predicted molar refractivity (Wildman–Crippen MR) is 108 cm³/mol. The Kier molecular flexibility index (Phi) is 5.00. The highest BCUT2D eigenvalue weighted by atomic mass is 32.2. The van der Waals surface area contributed by atoms with Crippen LogP contribution in [-0.2, 0) is 25.0 Å². The van der Waals surface area contributed by atoms with Gasteiger partial charge in [-0.2, -0.15) is 0 Å². The van der Waals surface area contributed by atoms with Crippen LogP contribution in [0.3, 0.4) is 0 Å². The maximum absolute atomic E-state index is 13.1. The van der Waals surface area contributed by atoms with Gasteiger partial charge in [0.2, 0.25) is 5.91 Å². The van der Waals surface area contributed by atoms with Gasteiger partial charge in [-0.1, -0.05) is 12.1 Å². The molecule has 1 saturated carbocycles. The van der Waals surface area contributed by atoms with E-state index < -0.39 is 33.9 Å². The number of urea groups is 1. The van der Waals surface area contributed by atoms with Crippen LogP contribution in [0.2, 0.25) is 0 Å². The molecule has 4 amide bonds. The van der Waals surface area contributed by atoms with Gasteiger partial charge in [-0.25, -0.2) is 13.2 Å². The van der Waals surface area contributed by atoms with Crippen molar-refractivity contribution in [2.24, 2.45) is 0 Å². The number of hydrogen-bond acceptors (Lipinski definition) is 6. The van der Waals surface area contributed by atoms with Crippen LogP contribution < -0.4 is 10.1 Å². The molecule has 0 bridgehead atoms. The molecule has 162 valence electrons. The number of sulfone groups is 1. The average molecular weight is 436 g/mol. The molecule has 1 aromatic rings. The van der Waals surface area contributed by atoms with E-state index in [1.54, 1.807) is 36.1 Å². The first-order valence-electron chi connectivity index (χ1n) is 9.95. The summed E-state index contributed by atoms with van der Waals surface area (Å²) in [5, 5.41) is 2.69. The quantitative estimate of drug-likeness (QED) is 0.656. The maximum atomic E-state index is 13.1. The molecule has 0 aromatic heterocycles. The lowest BCUT2D eigenvalue weighted by atomic mass is 9.92. The predicted octanol–water partition coefficient (Wildman–Crippen LogP) is 0.640. The largest absolute Gasteiger partial charge is 0.497 e. The van der Waals surface area contributed by atoms with E-state index in [1.807, 2.05) is 0 Å². The summed E-state index contributed by atoms with van der Waals surface area (Å²) in [6.07, 6.45) is 2.02. The SMILES string of the molecule is COc1ccc(C2(C)NC(=O)N(CC(=O)N(C3CC3)C3CCS(=O)(=O)C3)C2=O)cc1. The van der Waals surface area contributed by atoms with Gasteiger partial charge in [0.05, 0.1) is 18.6 Å². The number of amides is 4. The summed E-state index contributed by atoms with van der Waals surface area (Å²) in [4.78, 5) is 41.2. The van der Waals surface area contributed by atoms with Crippen molar-refractivity contribution in [2.75, 3.05) is 25.2 Å². The van der Waals surface area contributed by atoms with Crippen LogP contribution in [0.1, 0.15) is 31.7 Å². The lowest BCUT2D eigenvalue weighted by Crippen LogP contribution is -2.49. The molecule has 1 aromatic carbocycles. The van der Waals surface area contributed by atoms with E-state index in [2.05, 4.69) is 5.32 Å². The Bertz CT molecular complexity index is 988. The number of carbonyl (C=O) groups excluding carboxylic acids is 3. The Morgan fingerprint density at radius 2 is 1.87 bits per heavy atom. The van der Waals surface area contributed by atoms with Crippen molar-refractivity contribution in [3.63, 3.8) is 0 Å². The van der Waals surface area contributed by atoms with Gasteiger partial charge in [0.1, 0.15) is 17.8 Å². The number of benzene rings is 1. The fraction of sp³-hybridized carbons (Fsp3) is 0.550. The molecule has 10 heteroatoms. The standard InChI is InChI=1S/C20H25N3O6S/c1-20(13-3-7-16(29-2)8-4-13)18(25)22(19(26)21-20)11-17(24)23(14-5-6-14)15-9-10-30(27,28)12-15/h3-4,7-8,14-15H,5-6,9-12H2,1-2H3,(H,21,26). The molecule has 3 fully saturated rings. The lowest BCUT2D eigenvalue weighted by Gasteiger charge is -2.30. The van der Waals surface area contributed by atoms with Crippen molar-refractivity contribution < 1.29 is 27.5 Å². The van der Waals surface area contributed by atoms with E-state index in [4.69, 9.17) is 4.74 Å². The van der Waals surface area contributed by atoms with Crippen LogP contribution in [0.25, 0.3) is 0 Å². The van der Waals surface area contributed by atoms with Crippen molar-refractivity contribution in [3.8, 4) is 5.75 Å². The zero-order chi connectivity index (χ0) is 21.7. The molecule has 2 unspecified atom stereocenters. The summed E-state index contributed by atoms with van der Waals surface area (Å²) < 4.78 is 28.9. The van der Waals surface area contributed by atoms with Crippen molar-refractivity contribution in [1.29, 1.82) is 0 Å². The number of nitrogens with one attached hydrogen (secondary N) is 1. The second-order valence-corrected chi connectivity index (χ2v) is 10.5. The smallest absolute Gasteiger partial charge is 0.325 e. The van der Waals surface area contributed by atoms with Crippen LogP contribution in [0, 0.1) is 0 Å². The van der Waals surface area contributed by atoms with Crippen molar-refractivity contribution in [1.82, 2.24) is 15.1 Å². The average Bonchev–Trinajstić information content (AvgIpc) is 3.43. The number of ether oxygens (including phenoxy) is 1. The summed E-state index contributed by atoms with van der Waals surface area (Å²) in [5.74, 6) is -0.271. The van der Waals surface area contributed by atoms with Crippen molar-refractivity contribution >= 4 is 27.7 Å². The number of hydrogen-bond donors (Lipinski definition) is 1. The molecular formula is C20H25N3O6S. The van der Waals surface area contributed by atoms with E-state index in [-0.39, 0.29) is 29.5 Å². The zero-order valence-corrected chi connectivity index (χ0v) is 17.8. The first-order chi connectivity index (χ1) is 14.1. The lowest BCUT2D eigenvalue weighted by molar-refractivity contribution is -0.140. The Morgan fingerprint density at radius 3 is 2.40 bits per heavy atom. The third kappa shape index (κ3) is 3.64. The molecule has 4 rings (SSSR count). The third-order valence-corrected chi connectivity index (χ3v) is 7.82. The number of imide groups is 1. The first-order valence-corrected chi connectivity index (χ1v) is 11.8. The molecule has 30 heavy (non-hydrogen) atoms. The minimum absolute atomic E-state index is 0.00969. The van der Waals surface area contributed by atoms with Crippen LogP contribution in [0.15, 0.2) is 24.3 Å². The maximum Gasteiger partial charge on any atom is 0.325 e. The number of carbonyl (C=O) groups is 3. The topological polar surface area (TPSA) is 113 Å². The molecule has 0 spiro atoms. The first kappa shape index (κ1) is 20.6. The summed E-state index contributed by atoms with van der Waals surface area (Å²) >= 11 is 0. The summed E-state index contributed by atoms with van der Waals surface area (Å²) in [5.41, 5.74) is -0.706. The highest BCUT2D eigenvalue weighted by molar-refractivity contribution is 7.91. The Balaban J connectivity index is 1.51. The van der Waals surface area contributed by atoms with Crippen LogP contribution >= 0.6 is 0 Å². The molecular weight excluding hydrogens is 410 g/mol. The Labute approximate surface area is 175 Å². The van der Waals surface area contributed by atoms with Gasteiger partial charge in [0.25, 0.3) is 5.91 Å². The summed E-state index contributed by atoms with van der Waals surface area (Å²) in [6.45, 7) is 1.20. The van der Waals surface area contributed by atoms with E-state index in [0.717, 1.165) is 17.7 Å². The molecule has 2 heterocycles. The highest BCUT2D eigenvalue weighted by Gasteiger charge is 2.51. The minimum Gasteiger partial charge on any atom is -0.497 e.